The highest BCUT2D eigenvalue weighted by molar-refractivity contribution is 7.10. The molecule has 0 bridgehead atoms. The Morgan fingerprint density at radius 1 is 1.38 bits per heavy atom. The molecule has 0 amide bonds. The van der Waals surface area contributed by atoms with Crippen molar-refractivity contribution in [1.29, 1.82) is 0 Å². The summed E-state index contributed by atoms with van der Waals surface area (Å²) in [6, 6.07) is 10.2. The molecule has 0 N–H and O–H groups in total. The molecule has 1 radical (unpaired) electrons. The van der Waals surface area contributed by atoms with Gasteiger partial charge in [0.15, 0.2) is 0 Å². The first-order chi connectivity index (χ1) is 3.93. The summed E-state index contributed by atoms with van der Waals surface area (Å²) in [6.45, 7) is 0. The molecule has 0 aliphatic heterocycles. The largest absolute Gasteiger partial charge is 0.480 e. The van der Waals surface area contributed by atoms with Gasteiger partial charge in [-0.1, -0.05) is 12.1 Å². The summed E-state index contributed by atoms with van der Waals surface area (Å²) < 4.78 is 4.81. The van der Waals surface area contributed by atoms with E-state index in [1.807, 2.05) is 12.1 Å². The van der Waals surface area contributed by atoms with Crippen molar-refractivity contribution in [2.45, 2.75) is 0 Å². The van der Waals surface area contributed by atoms with Crippen molar-refractivity contribution < 1.29 is 4.52 Å². The van der Waals surface area contributed by atoms with E-state index >= 15 is 0 Å². The van der Waals surface area contributed by atoms with Crippen molar-refractivity contribution >= 4 is 9.47 Å². The van der Waals surface area contributed by atoms with Gasteiger partial charge in [-0.3, -0.25) is 0 Å². The lowest BCUT2D eigenvalue weighted by molar-refractivity contribution is 0.646. The van der Waals surface area contributed by atoms with E-state index < -0.39 is 0 Å². The van der Waals surface area contributed by atoms with Gasteiger partial charge in [0.2, 0.25) is 0 Å². The van der Waals surface area contributed by atoms with Crippen molar-refractivity contribution in [3.63, 3.8) is 0 Å². The van der Waals surface area contributed by atoms with Crippen molar-refractivity contribution in [3.8, 4) is 5.75 Å². The number of hydrogen-bond donors (Lipinski definition) is 0. The van der Waals surface area contributed by atoms with Crippen LogP contribution in [0, 0.1) is 6.07 Å². The summed E-state index contributed by atoms with van der Waals surface area (Å²) in [6.07, 6.45) is 0. The Morgan fingerprint density at radius 2 is 2.00 bits per heavy atom. The van der Waals surface area contributed by atoms with Crippen molar-refractivity contribution in [1.82, 2.24) is 0 Å². The average Bonchev–Trinajstić information content (AvgIpc) is 1.90. The van der Waals surface area contributed by atoms with Gasteiger partial charge in [0.05, 0.1) is 9.47 Å². The van der Waals surface area contributed by atoms with E-state index in [0.29, 0.717) is 0 Å². The monoisotopic (exact) mass is 125 g/mol. The van der Waals surface area contributed by atoms with Gasteiger partial charge in [0.1, 0.15) is 5.75 Å². The van der Waals surface area contributed by atoms with Gasteiger partial charge in [-0.25, -0.2) is 0 Å². The second-order valence-corrected chi connectivity index (χ2v) is 1.59. The number of benzene rings is 1. The molecule has 0 aromatic heterocycles. The molecule has 2 heteroatoms. The molecule has 0 aliphatic carbocycles. The first-order valence-corrected chi connectivity index (χ1v) is 2.73. The predicted octanol–water partition coefficient (Wildman–Crippen LogP) is 1.66. The minimum absolute atomic E-state index is 0.841. The van der Waals surface area contributed by atoms with E-state index in [4.69, 9.17) is 4.52 Å². The van der Waals surface area contributed by atoms with Crippen LogP contribution in [0.25, 0.3) is 0 Å². The first-order valence-electron chi connectivity index (χ1n) is 2.26. The van der Waals surface area contributed by atoms with Crippen LogP contribution in [-0.2, 0) is 0 Å². The average molecular weight is 125 g/mol. The Balaban J connectivity index is 2.83. The van der Waals surface area contributed by atoms with Crippen LogP contribution in [0.4, 0.5) is 0 Å². The molecule has 1 unspecified atom stereocenters. The Bertz CT molecular complexity index is 150. The third-order valence-electron chi connectivity index (χ3n) is 0.824. The standard InChI is InChI=1S/C6H6OP/c8-7-6-4-2-1-3-5-6/h2-5H,8H2. The zero-order chi connectivity index (χ0) is 5.82. The van der Waals surface area contributed by atoms with Crippen LogP contribution in [0.1, 0.15) is 0 Å². The Kier molecular flexibility index (Phi) is 1.87. The minimum Gasteiger partial charge on any atom is -0.480 e. The van der Waals surface area contributed by atoms with Crippen LogP contribution in [0.15, 0.2) is 24.3 Å². The zero-order valence-corrected chi connectivity index (χ0v) is 5.45. The molecule has 1 atom stereocenters. The molecule has 1 aromatic rings. The molecular weight excluding hydrogens is 119 g/mol. The van der Waals surface area contributed by atoms with Crippen molar-refractivity contribution in [2.75, 3.05) is 0 Å². The van der Waals surface area contributed by atoms with Crippen LogP contribution < -0.4 is 4.52 Å². The summed E-state index contributed by atoms with van der Waals surface area (Å²) in [5.74, 6) is 0.841. The fraction of sp³-hybridized carbons (Fsp3) is 0. The molecule has 0 spiro atoms. The van der Waals surface area contributed by atoms with Crippen molar-refractivity contribution in [2.24, 2.45) is 0 Å². The van der Waals surface area contributed by atoms with Crippen LogP contribution >= 0.6 is 9.47 Å². The van der Waals surface area contributed by atoms with E-state index in [1.54, 1.807) is 12.1 Å². The number of rotatable bonds is 1. The lowest BCUT2D eigenvalue weighted by atomic mass is 10.3. The molecule has 41 valence electrons. The Labute approximate surface area is 51.0 Å². The second kappa shape index (κ2) is 2.68. The SMILES string of the molecule is POc1cc[c]cc1. The van der Waals surface area contributed by atoms with Gasteiger partial charge in [0.25, 0.3) is 0 Å². The first kappa shape index (κ1) is 5.58. The highest BCUT2D eigenvalue weighted by Crippen LogP contribution is 2.09. The van der Waals surface area contributed by atoms with Crippen LogP contribution in [-0.4, -0.2) is 0 Å². The quantitative estimate of drug-likeness (QED) is 0.518. The topological polar surface area (TPSA) is 9.23 Å². The predicted molar refractivity (Wildman–Crippen MR) is 35.6 cm³/mol. The summed E-state index contributed by atoms with van der Waals surface area (Å²) in [5.41, 5.74) is 0. The number of hydrogen-bond acceptors (Lipinski definition) is 1. The van der Waals surface area contributed by atoms with E-state index in [0.717, 1.165) is 5.75 Å². The van der Waals surface area contributed by atoms with Gasteiger partial charge in [0, 0.05) is 0 Å². The highest BCUT2D eigenvalue weighted by Gasteiger charge is 1.80. The Hall–Kier alpha value is -0.550. The third kappa shape index (κ3) is 1.21. The van der Waals surface area contributed by atoms with E-state index in [-0.39, 0.29) is 0 Å². The zero-order valence-electron chi connectivity index (χ0n) is 4.29. The van der Waals surface area contributed by atoms with Crippen molar-refractivity contribution in [3.05, 3.63) is 30.3 Å². The van der Waals surface area contributed by atoms with Crippen LogP contribution in [0.3, 0.4) is 0 Å². The summed E-state index contributed by atoms with van der Waals surface area (Å²) >= 11 is 0. The molecule has 0 aliphatic rings. The van der Waals surface area contributed by atoms with E-state index in [2.05, 4.69) is 15.5 Å². The maximum absolute atomic E-state index is 4.81. The highest BCUT2D eigenvalue weighted by atomic mass is 31.0. The molecule has 0 fully saturated rings. The third-order valence-corrected chi connectivity index (χ3v) is 1.10. The lowest BCUT2D eigenvalue weighted by Crippen LogP contribution is -1.68. The molecule has 1 aromatic carbocycles. The normalized spacial score (nSPS) is 8.62. The molecule has 0 saturated heterocycles. The molecular formula is C6H6OP. The second-order valence-electron chi connectivity index (χ2n) is 1.35. The minimum atomic E-state index is 0.841. The molecule has 0 saturated carbocycles. The van der Waals surface area contributed by atoms with Gasteiger partial charge >= 0.3 is 0 Å². The summed E-state index contributed by atoms with van der Waals surface area (Å²) in [5, 5.41) is 0. The lowest BCUT2D eigenvalue weighted by Gasteiger charge is -1.93. The van der Waals surface area contributed by atoms with Gasteiger partial charge in [-0.15, -0.1) is 0 Å². The van der Waals surface area contributed by atoms with Gasteiger partial charge in [-0.2, -0.15) is 0 Å². The van der Waals surface area contributed by atoms with Crippen LogP contribution in [0.5, 0.6) is 5.75 Å². The summed E-state index contributed by atoms with van der Waals surface area (Å²) in [7, 11) is 2.18. The smallest absolute Gasteiger partial charge is 0.122 e. The van der Waals surface area contributed by atoms with Gasteiger partial charge < -0.3 is 4.52 Å². The van der Waals surface area contributed by atoms with E-state index in [9.17, 15) is 0 Å². The molecule has 0 heterocycles. The molecule has 1 rings (SSSR count). The maximum atomic E-state index is 4.81. The fourth-order valence-corrected chi connectivity index (χ4v) is 0.607. The maximum Gasteiger partial charge on any atom is 0.122 e. The molecule has 1 nitrogen and oxygen atoms in total. The molecule has 8 heavy (non-hydrogen) atoms. The van der Waals surface area contributed by atoms with Gasteiger partial charge in [-0.05, 0) is 18.2 Å². The summed E-state index contributed by atoms with van der Waals surface area (Å²) in [4.78, 5) is 0. The van der Waals surface area contributed by atoms with E-state index in [1.165, 1.54) is 0 Å². The van der Waals surface area contributed by atoms with Crippen LogP contribution in [0.2, 0.25) is 0 Å². The fourth-order valence-electron chi connectivity index (χ4n) is 0.450. The Morgan fingerprint density at radius 3 is 2.38 bits per heavy atom.